The number of piperidine rings is 1. The highest BCUT2D eigenvalue weighted by Gasteiger charge is 2.68. The number of fused-ring (bicyclic) bond motifs is 1. The molecule has 120 heavy (non-hydrogen) atoms. The van der Waals surface area contributed by atoms with E-state index in [-0.39, 0.29) is 31.3 Å². The molecule has 0 unspecified atom stereocenters. The standard InChI is InChI=1S/C28H31N3O4.C28H29NO5.C20H21NO5.C19H19NO5/c1-19-15-21(23-7-3-4-8-25(23)29-19)18-35-22-11-9-20(10-12-22)16-28(17-24(28)26(32)30-34)27(33)31-13-5-2-6-14-31;1-2-33-27(31)28(18-25(28)26(30)29-32)17-20-13-15-23(16-14-20)34-19-24(21-9-5-3-6-10-21)22-11-7-4-8-12-22;1-3-13-7-9-15(10-8-13)26-16-6-4-5-14(11-16)20(19(23)25-2)12-17(20)18(22)21-24;1-12-6-8-14(9-7-12)25-15-5-3-4-13(10-15)19(18(22)24-2)11-16(19)17(21)20-23/h3-4,7-12,15,24,34H,2,5-6,13-14,16-18H2,1H3,(H,30,32);3-16,24-25,32H,2,17-19H2,1H3,(H,29,30);4-11,17,24H,3,12H2,1-2H3,(H,21,22);3-10,16,23H,11H2,1-2H3,(H,20,21)/t24-,28+;25-,28+;17-,20-;16-,19-/m1100/s1. The Bertz CT molecular complexity index is 5210. The van der Waals surface area contributed by atoms with Crippen LogP contribution in [-0.4, -0.2) is 119 Å². The van der Waals surface area contributed by atoms with Crippen molar-refractivity contribution >= 4 is 58.3 Å². The number of rotatable bonds is 28. The van der Waals surface area contributed by atoms with Crippen molar-refractivity contribution in [2.45, 2.75) is 115 Å². The summed E-state index contributed by atoms with van der Waals surface area (Å²) in [7, 11) is 2.56. The Balaban J connectivity index is 0.000000148. The summed E-state index contributed by atoms with van der Waals surface area (Å²) in [5.74, 6) is -2.00. The van der Waals surface area contributed by atoms with Gasteiger partial charge in [0.1, 0.15) is 51.9 Å². The number of esters is 3. The number of ether oxygens (including phenoxy) is 7. The van der Waals surface area contributed by atoms with Crippen LogP contribution in [0.4, 0.5) is 0 Å². The zero-order valence-corrected chi connectivity index (χ0v) is 67.8. The van der Waals surface area contributed by atoms with Crippen LogP contribution in [0, 0.1) is 48.3 Å². The summed E-state index contributed by atoms with van der Waals surface area (Å²) in [6.45, 7) is 10.4. The molecule has 4 saturated carbocycles. The molecule has 8 N–H and O–H groups in total. The molecule has 25 heteroatoms. The molecule has 9 aromatic carbocycles. The fourth-order valence-corrected chi connectivity index (χ4v) is 16.2. The van der Waals surface area contributed by atoms with Crippen molar-refractivity contribution in [3.63, 3.8) is 0 Å². The van der Waals surface area contributed by atoms with Crippen LogP contribution >= 0.6 is 0 Å². The average molecular weight is 1630 g/mol. The van der Waals surface area contributed by atoms with Gasteiger partial charge in [0.25, 0.3) is 0 Å². The lowest BCUT2D eigenvalue weighted by atomic mass is 9.91. The number of hydroxylamine groups is 4. The van der Waals surface area contributed by atoms with Crippen molar-refractivity contribution in [1.82, 2.24) is 31.8 Å². The number of amides is 5. The SMILES string of the molecule is CCOC(=O)[C@@]1(Cc2ccc(OCC(c3ccccc3)c3ccccc3)cc2)C[C@@H]1C(=O)NO.CCc1ccc(Oc2cccc([C@@]3(C(=O)OC)C[C@H]3C(=O)NO)c2)cc1.COC(=O)[C@]1(c2cccc(Oc3ccc(C)cc3)c2)C[C@H]1C(=O)NO.Cc1cc(COc2ccc(C[C@]3(C(=O)N4CCCCC4)C[C@@H]3C(=O)NO)cc2)c2ccccc2n1. The summed E-state index contributed by atoms with van der Waals surface area (Å²) >= 11 is 0. The van der Waals surface area contributed by atoms with Gasteiger partial charge in [-0.05, 0) is 209 Å². The monoisotopic (exact) mass is 1630 g/mol. The van der Waals surface area contributed by atoms with Crippen LogP contribution in [-0.2, 0) is 89.3 Å². The molecule has 10 aromatic rings. The van der Waals surface area contributed by atoms with Gasteiger partial charge in [-0.3, -0.25) is 64.2 Å². The van der Waals surface area contributed by atoms with Crippen LogP contribution in [0.2, 0.25) is 0 Å². The fourth-order valence-electron chi connectivity index (χ4n) is 16.2. The highest BCUT2D eigenvalue weighted by Crippen LogP contribution is 2.59. The van der Waals surface area contributed by atoms with Gasteiger partial charge in [-0.1, -0.05) is 164 Å². The third kappa shape index (κ3) is 20.0. The van der Waals surface area contributed by atoms with Crippen molar-refractivity contribution in [3.05, 3.63) is 292 Å². The lowest BCUT2D eigenvalue weighted by Crippen LogP contribution is -2.43. The van der Waals surface area contributed by atoms with Gasteiger partial charge in [0.05, 0.1) is 67.5 Å². The van der Waals surface area contributed by atoms with Crippen molar-refractivity contribution in [1.29, 1.82) is 0 Å². The second-order valence-corrected chi connectivity index (χ2v) is 30.9. The van der Waals surface area contributed by atoms with Gasteiger partial charge in [-0.25, -0.2) is 21.9 Å². The summed E-state index contributed by atoms with van der Waals surface area (Å²) in [4.78, 5) is 105. The Morgan fingerprint density at radius 2 is 0.892 bits per heavy atom. The maximum atomic E-state index is 13.4. The number of pyridine rings is 1. The normalized spacial score (nSPS) is 20.6. The van der Waals surface area contributed by atoms with Crippen LogP contribution in [0.5, 0.6) is 34.5 Å². The van der Waals surface area contributed by atoms with Gasteiger partial charge in [-0.2, -0.15) is 0 Å². The highest BCUT2D eigenvalue weighted by atomic mass is 16.5. The summed E-state index contributed by atoms with van der Waals surface area (Å²) in [6, 6.07) is 75.4. The highest BCUT2D eigenvalue weighted by molar-refractivity contribution is 5.99. The van der Waals surface area contributed by atoms with Crippen LogP contribution in [0.15, 0.2) is 237 Å². The first-order valence-corrected chi connectivity index (χ1v) is 40.1. The Morgan fingerprint density at radius 1 is 0.450 bits per heavy atom. The number of aryl methyl sites for hydroxylation is 3. The Labute approximate surface area is 696 Å². The summed E-state index contributed by atoms with van der Waals surface area (Å²) in [5, 5.41) is 37.0. The topological polar surface area (TPSA) is 346 Å². The zero-order chi connectivity index (χ0) is 85.1. The summed E-state index contributed by atoms with van der Waals surface area (Å²) < 4.78 is 38.9. The van der Waals surface area contributed by atoms with E-state index in [2.05, 4.69) is 42.2 Å². The summed E-state index contributed by atoms with van der Waals surface area (Å²) in [6.07, 6.45) is 6.28. The number of hydrogen-bond acceptors (Lipinski definition) is 20. The molecule has 25 nitrogen and oxygen atoms in total. The van der Waals surface area contributed by atoms with E-state index < -0.39 is 86.9 Å². The second kappa shape index (κ2) is 39.2. The zero-order valence-electron chi connectivity index (χ0n) is 67.8. The minimum absolute atomic E-state index is 0.0334. The second-order valence-electron chi connectivity index (χ2n) is 30.9. The first-order chi connectivity index (χ1) is 58.1. The Morgan fingerprint density at radius 3 is 1.38 bits per heavy atom. The first kappa shape index (κ1) is 86.5. The van der Waals surface area contributed by atoms with Gasteiger partial charge in [0, 0.05) is 35.7 Å². The van der Waals surface area contributed by atoms with E-state index in [0.29, 0.717) is 73.0 Å². The van der Waals surface area contributed by atoms with E-state index >= 15 is 0 Å². The smallest absolute Gasteiger partial charge is 0.317 e. The number of benzene rings is 9. The largest absolute Gasteiger partial charge is 0.493 e. The maximum Gasteiger partial charge on any atom is 0.317 e. The van der Waals surface area contributed by atoms with Gasteiger partial charge in [0.2, 0.25) is 29.5 Å². The molecule has 5 aliphatic rings. The lowest BCUT2D eigenvalue weighted by Gasteiger charge is -2.31. The number of para-hydroxylation sites is 1. The molecule has 8 atom stereocenters. The molecule has 624 valence electrons. The Hall–Kier alpha value is -12.8. The van der Waals surface area contributed by atoms with Crippen molar-refractivity contribution in [2.24, 2.45) is 34.5 Å². The molecule has 0 spiro atoms. The number of nitrogens with zero attached hydrogens (tertiary/aromatic N) is 2. The number of methoxy groups -OCH3 is 2. The van der Waals surface area contributed by atoms with Crippen LogP contribution in [0.1, 0.15) is 120 Å². The molecule has 15 rings (SSSR count). The number of aromatic nitrogens is 1. The number of nitrogens with one attached hydrogen (secondary N) is 4. The third-order valence-corrected chi connectivity index (χ3v) is 23.2. The van der Waals surface area contributed by atoms with Crippen LogP contribution in [0.3, 0.4) is 0 Å². The lowest BCUT2D eigenvalue weighted by molar-refractivity contribution is -0.152. The molecule has 1 aromatic heterocycles. The van der Waals surface area contributed by atoms with Gasteiger partial charge >= 0.3 is 17.9 Å². The van der Waals surface area contributed by atoms with Crippen molar-refractivity contribution in [3.8, 4) is 34.5 Å². The summed E-state index contributed by atoms with van der Waals surface area (Å²) in [5.41, 5.74) is 13.6. The molecular formula is C95H100N6O19. The molecule has 2 heterocycles. The molecule has 0 radical (unpaired) electrons. The van der Waals surface area contributed by atoms with Crippen molar-refractivity contribution in [2.75, 3.05) is 40.5 Å². The quantitative estimate of drug-likeness (QED) is 0.00977. The first-order valence-electron chi connectivity index (χ1n) is 40.1. The van der Waals surface area contributed by atoms with Crippen LogP contribution in [0.25, 0.3) is 10.9 Å². The fraction of sp³-hybridized carbons (Fsp3) is 0.316. The van der Waals surface area contributed by atoms with E-state index in [9.17, 15) is 38.4 Å². The minimum Gasteiger partial charge on any atom is -0.493 e. The van der Waals surface area contributed by atoms with Gasteiger partial charge < -0.3 is 38.1 Å². The molecule has 1 saturated heterocycles. The van der Waals surface area contributed by atoms with E-state index in [4.69, 9.17) is 54.0 Å². The Kier molecular flexibility index (Phi) is 28.2. The predicted molar refractivity (Wildman–Crippen MR) is 443 cm³/mol. The van der Waals surface area contributed by atoms with Gasteiger partial charge in [0.15, 0.2) is 0 Å². The van der Waals surface area contributed by atoms with E-state index in [0.717, 1.165) is 89.1 Å². The van der Waals surface area contributed by atoms with E-state index in [1.54, 1.807) is 77.4 Å². The molecule has 5 amide bonds. The van der Waals surface area contributed by atoms with Crippen LogP contribution < -0.4 is 40.9 Å². The molecule has 1 aliphatic heterocycles. The number of carbonyl (C=O) groups is 8. The number of hydrogen-bond donors (Lipinski definition) is 8. The third-order valence-electron chi connectivity index (χ3n) is 23.2. The predicted octanol–water partition coefficient (Wildman–Crippen LogP) is 14.4. The van der Waals surface area contributed by atoms with E-state index in [1.165, 1.54) is 30.9 Å². The van der Waals surface area contributed by atoms with Crippen molar-refractivity contribution < 1.29 is 92.3 Å². The molecule has 0 bridgehead atoms. The number of likely N-dealkylation sites (tertiary alicyclic amines) is 1. The average Bonchev–Trinajstić information content (AvgIpc) is 1.56. The molecular weight excluding hydrogens is 1530 g/mol. The molecule has 5 fully saturated rings. The maximum absolute atomic E-state index is 13.4. The number of carbonyl (C=O) groups excluding carboxylic acids is 8. The minimum atomic E-state index is -1.09. The van der Waals surface area contributed by atoms with E-state index in [1.807, 2.05) is 176 Å². The van der Waals surface area contributed by atoms with Gasteiger partial charge in [-0.15, -0.1) is 0 Å². The molecule has 4 aliphatic carbocycles.